The minimum absolute atomic E-state index is 0.167. The van der Waals surface area contributed by atoms with E-state index in [-0.39, 0.29) is 5.69 Å². The minimum Gasteiger partial charge on any atom is -0.477 e. The van der Waals surface area contributed by atoms with Crippen LogP contribution >= 0.6 is 0 Å². The van der Waals surface area contributed by atoms with Crippen molar-refractivity contribution in [2.75, 3.05) is 0 Å². The van der Waals surface area contributed by atoms with E-state index in [9.17, 15) is 4.79 Å². The van der Waals surface area contributed by atoms with Crippen molar-refractivity contribution in [2.45, 2.75) is 6.54 Å². The van der Waals surface area contributed by atoms with Crippen LogP contribution in [-0.2, 0) is 6.54 Å². The number of hydrogen-bond donors (Lipinski definition) is 1. The summed E-state index contributed by atoms with van der Waals surface area (Å²) in [6, 6.07) is 5.51. The Hall–Kier alpha value is -2.17. The van der Waals surface area contributed by atoms with Crippen LogP contribution in [0.3, 0.4) is 0 Å². The molecule has 0 aromatic carbocycles. The third-order valence-electron chi connectivity index (χ3n) is 1.99. The lowest BCUT2D eigenvalue weighted by atomic mass is 10.3. The second kappa shape index (κ2) is 3.91. The summed E-state index contributed by atoms with van der Waals surface area (Å²) in [6.45, 7) is 0.419. The molecule has 0 fully saturated rings. The molecule has 0 saturated carbocycles. The predicted molar refractivity (Wildman–Crippen MR) is 52.5 cm³/mol. The molecule has 1 N–H and O–H groups in total. The molecule has 0 amide bonds. The Morgan fingerprint density at radius 3 is 3.00 bits per heavy atom. The molecule has 15 heavy (non-hydrogen) atoms. The van der Waals surface area contributed by atoms with Crippen LogP contribution in [0.15, 0.2) is 36.9 Å². The van der Waals surface area contributed by atoms with Gasteiger partial charge in [0.2, 0.25) is 0 Å². The molecule has 2 heterocycles. The maximum Gasteiger partial charge on any atom is 0.354 e. The smallest absolute Gasteiger partial charge is 0.354 e. The molecule has 0 bridgehead atoms. The van der Waals surface area contributed by atoms with Gasteiger partial charge in [-0.25, -0.2) is 9.78 Å². The van der Waals surface area contributed by atoms with Crippen molar-refractivity contribution in [1.82, 2.24) is 14.5 Å². The van der Waals surface area contributed by atoms with Crippen LogP contribution in [0.5, 0.6) is 0 Å². The maximum absolute atomic E-state index is 10.8. The number of imidazole rings is 1. The molecule has 5 heteroatoms. The van der Waals surface area contributed by atoms with Gasteiger partial charge in [-0.1, -0.05) is 6.07 Å². The van der Waals surface area contributed by atoms with Crippen molar-refractivity contribution in [1.29, 1.82) is 0 Å². The summed E-state index contributed by atoms with van der Waals surface area (Å²) in [5.74, 6) is -0.983. The molecule has 0 atom stereocenters. The third kappa shape index (κ3) is 2.01. The van der Waals surface area contributed by atoms with Gasteiger partial charge in [0.1, 0.15) is 5.69 Å². The first-order valence-electron chi connectivity index (χ1n) is 4.40. The van der Waals surface area contributed by atoms with Gasteiger partial charge >= 0.3 is 5.97 Å². The van der Waals surface area contributed by atoms with Crippen molar-refractivity contribution in [2.24, 2.45) is 0 Å². The first kappa shape index (κ1) is 9.39. The quantitative estimate of drug-likeness (QED) is 0.808. The predicted octanol–water partition coefficient (Wildman–Crippen LogP) is 1.02. The molecule has 0 aliphatic heterocycles. The number of nitrogens with zero attached hydrogens (tertiary/aromatic N) is 3. The third-order valence-corrected chi connectivity index (χ3v) is 1.99. The molecule has 5 nitrogen and oxygen atoms in total. The Labute approximate surface area is 86.0 Å². The second-order valence-corrected chi connectivity index (χ2v) is 3.03. The number of carboxylic acids is 1. The molecule has 2 aromatic heterocycles. The molecule has 0 radical (unpaired) electrons. The van der Waals surface area contributed by atoms with E-state index in [1.807, 2.05) is 18.2 Å². The molecule has 0 unspecified atom stereocenters. The first-order chi connectivity index (χ1) is 7.27. The van der Waals surface area contributed by atoms with Gasteiger partial charge in [-0.15, -0.1) is 0 Å². The molecule has 76 valence electrons. The van der Waals surface area contributed by atoms with Crippen LogP contribution in [0.1, 0.15) is 16.2 Å². The monoisotopic (exact) mass is 203 g/mol. The molecule has 0 spiro atoms. The van der Waals surface area contributed by atoms with Gasteiger partial charge in [0.05, 0.1) is 24.8 Å². The SMILES string of the molecule is O=C(O)c1cncn1Cc1ccccn1. The Morgan fingerprint density at radius 2 is 2.33 bits per heavy atom. The van der Waals surface area contributed by atoms with Crippen LogP contribution in [0, 0.1) is 0 Å². The Bertz CT molecular complexity index is 465. The fourth-order valence-electron chi connectivity index (χ4n) is 1.29. The first-order valence-corrected chi connectivity index (χ1v) is 4.40. The lowest BCUT2D eigenvalue weighted by Crippen LogP contribution is -2.09. The van der Waals surface area contributed by atoms with Crippen molar-refractivity contribution < 1.29 is 9.90 Å². The average molecular weight is 203 g/mol. The summed E-state index contributed by atoms with van der Waals surface area (Å²) in [5.41, 5.74) is 0.971. The van der Waals surface area contributed by atoms with Gasteiger partial charge in [-0.3, -0.25) is 4.98 Å². The molecule has 0 aliphatic carbocycles. The highest BCUT2D eigenvalue weighted by atomic mass is 16.4. The van der Waals surface area contributed by atoms with E-state index in [1.54, 1.807) is 10.8 Å². The number of carbonyl (C=O) groups is 1. The van der Waals surface area contributed by atoms with Crippen molar-refractivity contribution in [3.05, 3.63) is 48.3 Å². The lowest BCUT2D eigenvalue weighted by Gasteiger charge is -2.03. The van der Waals surface area contributed by atoms with E-state index < -0.39 is 5.97 Å². The molecule has 2 rings (SSSR count). The van der Waals surface area contributed by atoms with E-state index in [4.69, 9.17) is 5.11 Å². The van der Waals surface area contributed by atoms with Crippen molar-refractivity contribution >= 4 is 5.97 Å². The second-order valence-electron chi connectivity index (χ2n) is 3.03. The minimum atomic E-state index is -0.983. The summed E-state index contributed by atoms with van der Waals surface area (Å²) in [7, 11) is 0. The highest BCUT2D eigenvalue weighted by molar-refractivity contribution is 5.85. The van der Waals surface area contributed by atoms with Gasteiger partial charge in [0, 0.05) is 6.20 Å². The number of aromatic carboxylic acids is 1. The summed E-state index contributed by atoms with van der Waals surface area (Å²) >= 11 is 0. The lowest BCUT2D eigenvalue weighted by molar-refractivity contribution is 0.0685. The fraction of sp³-hybridized carbons (Fsp3) is 0.100. The van der Waals surface area contributed by atoms with Crippen LogP contribution in [0.2, 0.25) is 0 Å². The number of rotatable bonds is 3. The molecule has 2 aromatic rings. The van der Waals surface area contributed by atoms with E-state index >= 15 is 0 Å². The molecule has 0 saturated heterocycles. The highest BCUT2D eigenvalue weighted by Gasteiger charge is 2.09. The van der Waals surface area contributed by atoms with E-state index in [2.05, 4.69) is 9.97 Å². The van der Waals surface area contributed by atoms with Gasteiger partial charge < -0.3 is 9.67 Å². The zero-order valence-corrected chi connectivity index (χ0v) is 7.87. The van der Waals surface area contributed by atoms with Gasteiger partial charge in [-0.2, -0.15) is 0 Å². The Balaban J connectivity index is 2.25. The van der Waals surface area contributed by atoms with Crippen LogP contribution < -0.4 is 0 Å². The number of aromatic nitrogens is 3. The van der Waals surface area contributed by atoms with Gasteiger partial charge in [0.25, 0.3) is 0 Å². The molecular weight excluding hydrogens is 194 g/mol. The standard InChI is InChI=1S/C10H9N3O2/c14-10(15)9-5-11-7-13(9)6-8-3-1-2-4-12-8/h1-5,7H,6H2,(H,14,15). The van der Waals surface area contributed by atoms with E-state index in [0.29, 0.717) is 6.54 Å². The Morgan fingerprint density at radius 1 is 1.47 bits per heavy atom. The van der Waals surface area contributed by atoms with Crippen molar-refractivity contribution in [3.8, 4) is 0 Å². The van der Waals surface area contributed by atoms with Crippen LogP contribution in [0.4, 0.5) is 0 Å². The van der Waals surface area contributed by atoms with E-state index in [1.165, 1.54) is 12.5 Å². The summed E-state index contributed by atoms with van der Waals surface area (Å²) < 4.78 is 1.55. The van der Waals surface area contributed by atoms with Crippen LogP contribution in [-0.4, -0.2) is 25.6 Å². The summed E-state index contributed by atoms with van der Waals surface area (Å²) in [6.07, 6.45) is 4.48. The summed E-state index contributed by atoms with van der Waals surface area (Å²) in [5, 5.41) is 8.85. The Kier molecular flexibility index (Phi) is 2.45. The van der Waals surface area contributed by atoms with E-state index in [0.717, 1.165) is 5.69 Å². The van der Waals surface area contributed by atoms with Crippen LogP contribution in [0.25, 0.3) is 0 Å². The van der Waals surface area contributed by atoms with Crippen molar-refractivity contribution in [3.63, 3.8) is 0 Å². The average Bonchev–Trinajstić information content (AvgIpc) is 2.67. The topological polar surface area (TPSA) is 68.0 Å². The maximum atomic E-state index is 10.8. The summed E-state index contributed by atoms with van der Waals surface area (Å²) in [4.78, 5) is 18.7. The zero-order chi connectivity index (χ0) is 10.7. The van der Waals surface area contributed by atoms with Gasteiger partial charge in [0.15, 0.2) is 0 Å². The zero-order valence-electron chi connectivity index (χ0n) is 7.87. The molecular formula is C10H9N3O2. The van der Waals surface area contributed by atoms with Gasteiger partial charge in [-0.05, 0) is 12.1 Å². The highest BCUT2D eigenvalue weighted by Crippen LogP contribution is 2.03. The largest absolute Gasteiger partial charge is 0.477 e. The number of hydrogen-bond acceptors (Lipinski definition) is 3. The number of carboxylic acid groups (broad SMARTS) is 1. The number of pyridine rings is 1. The normalized spacial score (nSPS) is 10.1. The molecule has 0 aliphatic rings. The fourth-order valence-corrected chi connectivity index (χ4v) is 1.29.